The van der Waals surface area contributed by atoms with Gasteiger partial charge in [-0.3, -0.25) is 0 Å². The van der Waals surface area contributed by atoms with Crippen molar-refractivity contribution in [1.29, 1.82) is 0 Å². The summed E-state index contributed by atoms with van der Waals surface area (Å²) in [6, 6.07) is 5.32. The van der Waals surface area contributed by atoms with Crippen LogP contribution in [0, 0.1) is 13.8 Å². The molecule has 1 fully saturated rings. The molecule has 7 heteroatoms. The van der Waals surface area contributed by atoms with E-state index in [4.69, 9.17) is 4.74 Å². The number of aromatic hydroxyl groups is 1. The summed E-state index contributed by atoms with van der Waals surface area (Å²) in [7, 11) is 0. The molecule has 0 radical (unpaired) electrons. The predicted molar refractivity (Wildman–Crippen MR) is 109 cm³/mol. The molecular formula is C22H24N2O5. The fraction of sp³-hybridized carbons (Fsp3) is 0.364. The van der Waals surface area contributed by atoms with E-state index < -0.39 is 24.5 Å². The first kappa shape index (κ1) is 18.4. The largest absolute Gasteiger partial charge is 0.508 e. The van der Waals surface area contributed by atoms with Crippen LogP contribution in [0.25, 0.3) is 27.9 Å². The number of phenols is 1. The third kappa shape index (κ3) is 2.66. The minimum absolute atomic E-state index is 0.0289. The monoisotopic (exact) mass is 396 g/mol. The Labute approximate surface area is 167 Å². The second kappa shape index (κ2) is 6.47. The van der Waals surface area contributed by atoms with Crippen molar-refractivity contribution in [3.8, 4) is 5.75 Å². The standard InChI is InChI=1S/C22H24N2O5/c1-10-15-8-24(22-21(28)20(27)17(26)9-29-22)6-5-13(15)11(2)19-18(10)14-7-12(25)3-4-16(14)23-19/h3-7,17,20-23,25-28H,8-9H2,1-2H3/t17-,20+,21-,22?/m0/s1. The molecule has 7 nitrogen and oxygen atoms in total. The molecular weight excluding hydrogens is 372 g/mol. The number of aromatic amines is 1. The molecule has 5 N–H and O–H groups in total. The number of aliphatic hydroxyl groups excluding tert-OH is 3. The summed E-state index contributed by atoms with van der Waals surface area (Å²) >= 11 is 0. The van der Waals surface area contributed by atoms with Gasteiger partial charge < -0.3 is 35.0 Å². The van der Waals surface area contributed by atoms with Crippen LogP contribution in [0.15, 0.2) is 24.4 Å². The lowest BCUT2D eigenvalue weighted by Gasteiger charge is -2.42. The summed E-state index contributed by atoms with van der Waals surface area (Å²) < 4.78 is 5.63. The fourth-order valence-electron chi connectivity index (χ4n) is 4.66. The molecule has 0 saturated carbocycles. The lowest BCUT2D eigenvalue weighted by atomic mass is 9.90. The zero-order valence-corrected chi connectivity index (χ0v) is 16.3. The van der Waals surface area contributed by atoms with Crippen molar-refractivity contribution in [3.05, 3.63) is 46.7 Å². The van der Waals surface area contributed by atoms with E-state index in [2.05, 4.69) is 18.8 Å². The Morgan fingerprint density at radius 1 is 1.10 bits per heavy atom. The molecule has 3 aromatic rings. The van der Waals surface area contributed by atoms with Crippen LogP contribution in [0.5, 0.6) is 5.75 Å². The van der Waals surface area contributed by atoms with E-state index in [1.54, 1.807) is 12.1 Å². The maximum absolute atomic E-state index is 10.4. The van der Waals surface area contributed by atoms with Gasteiger partial charge >= 0.3 is 0 Å². The van der Waals surface area contributed by atoms with Gasteiger partial charge in [0.05, 0.1) is 12.1 Å². The zero-order chi connectivity index (χ0) is 20.4. The number of aromatic nitrogens is 1. The highest BCUT2D eigenvalue weighted by Crippen LogP contribution is 2.39. The predicted octanol–water partition coefficient (Wildman–Crippen LogP) is 1.87. The first-order valence-corrected chi connectivity index (χ1v) is 9.73. The second-order valence-corrected chi connectivity index (χ2v) is 8.01. The third-order valence-corrected chi connectivity index (χ3v) is 6.29. The third-order valence-electron chi connectivity index (χ3n) is 6.29. The van der Waals surface area contributed by atoms with E-state index in [1.807, 2.05) is 23.2 Å². The Bertz CT molecular complexity index is 1150. The van der Waals surface area contributed by atoms with Gasteiger partial charge in [0, 0.05) is 29.0 Å². The Morgan fingerprint density at radius 3 is 2.69 bits per heavy atom. The highest BCUT2D eigenvalue weighted by atomic mass is 16.5. The van der Waals surface area contributed by atoms with Crippen LogP contribution in [-0.2, 0) is 11.3 Å². The van der Waals surface area contributed by atoms with Crippen LogP contribution in [-0.4, -0.2) is 61.5 Å². The van der Waals surface area contributed by atoms with E-state index in [9.17, 15) is 20.4 Å². The molecule has 152 valence electrons. The van der Waals surface area contributed by atoms with Crippen molar-refractivity contribution in [2.75, 3.05) is 6.61 Å². The number of ether oxygens (including phenoxy) is 1. The molecule has 1 saturated heterocycles. The highest BCUT2D eigenvalue weighted by Gasteiger charge is 2.40. The van der Waals surface area contributed by atoms with Gasteiger partial charge in [0.1, 0.15) is 24.1 Å². The Balaban J connectivity index is 1.62. The Morgan fingerprint density at radius 2 is 1.90 bits per heavy atom. The van der Waals surface area contributed by atoms with Crippen molar-refractivity contribution in [3.63, 3.8) is 0 Å². The normalized spacial score (nSPS) is 27.0. The van der Waals surface area contributed by atoms with E-state index >= 15 is 0 Å². The molecule has 1 unspecified atom stereocenters. The van der Waals surface area contributed by atoms with Gasteiger partial charge in [0.15, 0.2) is 6.23 Å². The van der Waals surface area contributed by atoms with Gasteiger partial charge in [-0.05, 0) is 60.4 Å². The summed E-state index contributed by atoms with van der Waals surface area (Å²) in [5.41, 5.74) is 6.46. The summed E-state index contributed by atoms with van der Waals surface area (Å²) in [6.07, 6.45) is -0.416. The Hall–Kier alpha value is -2.58. The highest BCUT2D eigenvalue weighted by molar-refractivity contribution is 6.11. The zero-order valence-electron chi connectivity index (χ0n) is 16.3. The van der Waals surface area contributed by atoms with Gasteiger partial charge in [-0.25, -0.2) is 0 Å². The van der Waals surface area contributed by atoms with Crippen LogP contribution in [0.2, 0.25) is 0 Å². The maximum atomic E-state index is 10.4. The van der Waals surface area contributed by atoms with Crippen molar-refractivity contribution >= 4 is 27.9 Å². The summed E-state index contributed by atoms with van der Waals surface area (Å²) in [6.45, 7) is 4.61. The van der Waals surface area contributed by atoms with Crippen LogP contribution < -0.4 is 0 Å². The molecule has 29 heavy (non-hydrogen) atoms. The minimum atomic E-state index is -1.24. The first-order valence-electron chi connectivity index (χ1n) is 9.73. The average molecular weight is 396 g/mol. The van der Waals surface area contributed by atoms with E-state index in [0.717, 1.165) is 44.1 Å². The van der Waals surface area contributed by atoms with Crippen LogP contribution in [0.4, 0.5) is 0 Å². The lowest BCUT2D eigenvalue weighted by Crippen LogP contribution is -2.57. The van der Waals surface area contributed by atoms with E-state index in [1.165, 1.54) is 0 Å². The lowest BCUT2D eigenvalue weighted by molar-refractivity contribution is -0.222. The average Bonchev–Trinajstić information content (AvgIpc) is 3.09. The number of nitrogens with one attached hydrogen (secondary N) is 1. The number of H-pyrrole nitrogens is 1. The van der Waals surface area contributed by atoms with Crippen LogP contribution in [0.3, 0.4) is 0 Å². The van der Waals surface area contributed by atoms with Gasteiger partial charge in [-0.2, -0.15) is 0 Å². The molecule has 4 atom stereocenters. The summed E-state index contributed by atoms with van der Waals surface area (Å²) in [4.78, 5) is 5.33. The van der Waals surface area contributed by atoms with E-state index in [0.29, 0.717) is 6.54 Å². The quantitative estimate of drug-likeness (QED) is 0.430. The SMILES string of the molecule is Cc1c2c(c(C)c3c1[nH]c1ccc(O)cc13)CN(C1OC[C@H](O)[C@@H](O)[C@@H]1O)C=C2. The molecule has 0 spiro atoms. The van der Waals surface area contributed by atoms with Gasteiger partial charge in [-0.1, -0.05) is 0 Å². The van der Waals surface area contributed by atoms with E-state index in [-0.39, 0.29) is 12.4 Å². The number of fused-ring (bicyclic) bond motifs is 4. The molecule has 0 amide bonds. The molecule has 5 rings (SSSR count). The van der Waals surface area contributed by atoms with Crippen molar-refractivity contribution in [2.45, 2.75) is 44.9 Å². The first-order chi connectivity index (χ1) is 13.9. The molecule has 2 aliphatic heterocycles. The van der Waals surface area contributed by atoms with Gasteiger partial charge in [0.2, 0.25) is 0 Å². The minimum Gasteiger partial charge on any atom is -0.508 e. The molecule has 3 heterocycles. The molecule has 0 bridgehead atoms. The summed E-state index contributed by atoms with van der Waals surface area (Å²) in [5.74, 6) is 0.223. The number of aliphatic hydroxyl groups is 3. The summed E-state index contributed by atoms with van der Waals surface area (Å²) in [5, 5.41) is 42.2. The topological polar surface area (TPSA) is 109 Å². The van der Waals surface area contributed by atoms with Crippen molar-refractivity contribution in [2.24, 2.45) is 0 Å². The number of hydrogen-bond acceptors (Lipinski definition) is 6. The number of nitrogens with zero attached hydrogens (tertiary/aromatic N) is 1. The number of hydrogen-bond donors (Lipinski definition) is 5. The molecule has 2 aliphatic rings. The molecule has 1 aromatic heterocycles. The van der Waals surface area contributed by atoms with Crippen molar-refractivity contribution in [1.82, 2.24) is 9.88 Å². The number of benzene rings is 2. The number of rotatable bonds is 1. The van der Waals surface area contributed by atoms with Crippen LogP contribution in [0.1, 0.15) is 22.3 Å². The van der Waals surface area contributed by atoms with Crippen LogP contribution >= 0.6 is 0 Å². The number of aryl methyl sites for hydroxylation is 2. The Kier molecular flexibility index (Phi) is 4.11. The second-order valence-electron chi connectivity index (χ2n) is 8.01. The molecule has 2 aromatic carbocycles. The molecule has 0 aliphatic carbocycles. The van der Waals surface area contributed by atoms with Gasteiger partial charge in [-0.15, -0.1) is 0 Å². The number of phenolic OH excluding ortho intramolecular Hbond substituents is 1. The smallest absolute Gasteiger partial charge is 0.159 e. The van der Waals surface area contributed by atoms with Crippen molar-refractivity contribution < 1.29 is 25.2 Å². The maximum Gasteiger partial charge on any atom is 0.159 e. The fourth-order valence-corrected chi connectivity index (χ4v) is 4.66. The van der Waals surface area contributed by atoms with Gasteiger partial charge in [0.25, 0.3) is 0 Å².